The van der Waals surface area contributed by atoms with Gasteiger partial charge in [-0.1, -0.05) is 43.7 Å². The summed E-state index contributed by atoms with van der Waals surface area (Å²) in [5.41, 5.74) is 0. The number of carbonyl (C=O) groups excluding carboxylic acids is 1. The van der Waals surface area contributed by atoms with Crippen molar-refractivity contribution in [2.45, 2.75) is 57.3 Å². The third-order valence-electron chi connectivity index (χ3n) is 3.55. The largest absolute Gasteiger partial charge is 0.469 e. The Morgan fingerprint density at radius 1 is 1.26 bits per heavy atom. The topological polar surface area (TPSA) is 54.0 Å². The minimum atomic E-state index is -0.876. The summed E-state index contributed by atoms with van der Waals surface area (Å²) >= 11 is 0. The van der Waals surface area contributed by atoms with Crippen LogP contribution in [0.25, 0.3) is 0 Å². The predicted octanol–water partition coefficient (Wildman–Crippen LogP) is 3.86. The maximum absolute atomic E-state index is 11.2. The zero-order valence-electron chi connectivity index (χ0n) is 14.3. The molecular formula is C18H28O5. The fourth-order valence-corrected chi connectivity index (χ4v) is 2.12. The van der Waals surface area contributed by atoms with E-state index in [2.05, 4.69) is 36.0 Å². The summed E-state index contributed by atoms with van der Waals surface area (Å²) in [6.07, 6.45) is 16.5. The Morgan fingerprint density at radius 3 is 2.57 bits per heavy atom. The lowest BCUT2D eigenvalue weighted by Gasteiger charge is -2.32. The van der Waals surface area contributed by atoms with Crippen molar-refractivity contribution in [3.8, 4) is 0 Å². The molecule has 0 radical (unpaired) electrons. The van der Waals surface area contributed by atoms with Gasteiger partial charge in [-0.15, -0.1) is 0 Å². The van der Waals surface area contributed by atoms with Gasteiger partial charge in [0.05, 0.1) is 13.5 Å². The van der Waals surface area contributed by atoms with E-state index < -0.39 is 11.9 Å². The number of hydrogen-bond donors (Lipinski definition) is 0. The van der Waals surface area contributed by atoms with Crippen molar-refractivity contribution < 1.29 is 24.0 Å². The molecular weight excluding hydrogens is 296 g/mol. The highest BCUT2D eigenvalue weighted by Gasteiger charge is 2.34. The monoisotopic (exact) mass is 324 g/mol. The van der Waals surface area contributed by atoms with Crippen molar-refractivity contribution in [2.75, 3.05) is 14.2 Å². The lowest BCUT2D eigenvalue weighted by molar-refractivity contribution is -0.428. The maximum Gasteiger partial charge on any atom is 0.308 e. The van der Waals surface area contributed by atoms with Gasteiger partial charge in [-0.2, -0.15) is 4.89 Å². The van der Waals surface area contributed by atoms with Crippen molar-refractivity contribution in [1.29, 1.82) is 0 Å². The third-order valence-corrected chi connectivity index (χ3v) is 3.55. The van der Waals surface area contributed by atoms with E-state index in [0.717, 1.165) is 19.3 Å². The summed E-state index contributed by atoms with van der Waals surface area (Å²) in [6.45, 7) is 2.16. The van der Waals surface area contributed by atoms with Crippen LogP contribution in [0.4, 0.5) is 0 Å². The van der Waals surface area contributed by atoms with E-state index in [4.69, 9.17) is 14.5 Å². The van der Waals surface area contributed by atoms with E-state index in [1.165, 1.54) is 13.5 Å². The van der Waals surface area contributed by atoms with Gasteiger partial charge in [0, 0.05) is 13.5 Å². The smallest absolute Gasteiger partial charge is 0.308 e. The highest BCUT2D eigenvalue weighted by atomic mass is 17.2. The quantitative estimate of drug-likeness (QED) is 0.201. The molecule has 0 aromatic carbocycles. The standard InChI is InChI=1S/C18H28O5/c1-4-5-6-7-8-9-10-11-13-18(21-3)14-12-16(22-23-18)15-17(19)20-2/h6-9,12,14,16H,4-5,10-11,13,15H2,1-3H3/b7-6+,9-8+. The lowest BCUT2D eigenvalue weighted by atomic mass is 10.1. The van der Waals surface area contributed by atoms with Crippen LogP contribution in [0.2, 0.25) is 0 Å². The van der Waals surface area contributed by atoms with E-state index in [9.17, 15) is 4.79 Å². The summed E-state index contributed by atoms with van der Waals surface area (Å²) in [6, 6.07) is 0. The molecule has 2 unspecified atom stereocenters. The van der Waals surface area contributed by atoms with Crippen LogP contribution in [0.15, 0.2) is 36.5 Å². The lowest BCUT2D eigenvalue weighted by Crippen LogP contribution is -2.38. The maximum atomic E-state index is 11.2. The van der Waals surface area contributed by atoms with Crippen LogP contribution in [0.5, 0.6) is 0 Å². The van der Waals surface area contributed by atoms with E-state index >= 15 is 0 Å². The normalized spacial score (nSPS) is 24.6. The average molecular weight is 324 g/mol. The summed E-state index contributed by atoms with van der Waals surface area (Å²) in [5, 5.41) is 0. The van der Waals surface area contributed by atoms with Gasteiger partial charge in [0.15, 0.2) is 0 Å². The third kappa shape index (κ3) is 7.59. The van der Waals surface area contributed by atoms with E-state index in [1.54, 1.807) is 13.2 Å². The van der Waals surface area contributed by atoms with Crippen molar-refractivity contribution in [1.82, 2.24) is 0 Å². The van der Waals surface area contributed by atoms with Gasteiger partial charge in [0.1, 0.15) is 6.10 Å². The van der Waals surface area contributed by atoms with Gasteiger partial charge in [0.25, 0.3) is 0 Å². The molecule has 0 spiro atoms. The molecule has 5 nitrogen and oxygen atoms in total. The van der Waals surface area contributed by atoms with E-state index in [1.807, 2.05) is 6.08 Å². The molecule has 1 aliphatic heterocycles. The number of carbonyl (C=O) groups is 1. The predicted molar refractivity (Wildman–Crippen MR) is 88.5 cm³/mol. The fraction of sp³-hybridized carbons (Fsp3) is 0.611. The second-order valence-corrected chi connectivity index (χ2v) is 5.41. The highest BCUT2D eigenvalue weighted by molar-refractivity contribution is 5.70. The summed E-state index contributed by atoms with van der Waals surface area (Å²) in [5.74, 6) is -1.21. The van der Waals surface area contributed by atoms with Gasteiger partial charge >= 0.3 is 5.97 Å². The van der Waals surface area contributed by atoms with Crippen LogP contribution in [-0.4, -0.2) is 32.1 Å². The molecule has 2 atom stereocenters. The first-order valence-electron chi connectivity index (χ1n) is 8.13. The molecule has 1 aliphatic rings. The molecule has 5 heteroatoms. The number of esters is 1. The summed E-state index contributed by atoms with van der Waals surface area (Å²) < 4.78 is 10.0. The molecule has 0 amide bonds. The first kappa shape index (κ1) is 19.6. The molecule has 0 bridgehead atoms. The molecule has 0 fully saturated rings. The highest BCUT2D eigenvalue weighted by Crippen LogP contribution is 2.28. The number of unbranched alkanes of at least 4 members (excludes halogenated alkanes) is 2. The Kier molecular flexibility index (Phi) is 9.52. The summed E-state index contributed by atoms with van der Waals surface area (Å²) in [7, 11) is 2.93. The van der Waals surface area contributed by atoms with Crippen LogP contribution in [0.3, 0.4) is 0 Å². The molecule has 0 saturated heterocycles. The molecule has 0 aromatic rings. The molecule has 1 heterocycles. The van der Waals surface area contributed by atoms with Gasteiger partial charge in [-0.05, 0) is 25.3 Å². The number of ether oxygens (including phenoxy) is 2. The van der Waals surface area contributed by atoms with Crippen molar-refractivity contribution in [2.24, 2.45) is 0 Å². The van der Waals surface area contributed by atoms with Crippen LogP contribution < -0.4 is 0 Å². The molecule has 1 rings (SSSR count). The minimum absolute atomic E-state index is 0.125. The number of hydrogen-bond acceptors (Lipinski definition) is 5. The average Bonchev–Trinajstić information content (AvgIpc) is 2.58. The summed E-state index contributed by atoms with van der Waals surface area (Å²) in [4.78, 5) is 21.8. The molecule has 0 aromatic heterocycles. The van der Waals surface area contributed by atoms with Crippen LogP contribution in [0, 0.1) is 0 Å². The molecule has 23 heavy (non-hydrogen) atoms. The number of methoxy groups -OCH3 is 2. The first-order chi connectivity index (χ1) is 11.2. The number of allylic oxidation sites excluding steroid dienone is 4. The Morgan fingerprint density at radius 2 is 2.00 bits per heavy atom. The minimum Gasteiger partial charge on any atom is -0.469 e. The Balaban J connectivity index is 2.36. The van der Waals surface area contributed by atoms with Crippen LogP contribution >= 0.6 is 0 Å². The molecule has 0 aliphatic carbocycles. The molecule has 0 N–H and O–H groups in total. The Bertz CT molecular complexity index is 427. The fourth-order valence-electron chi connectivity index (χ4n) is 2.12. The second kappa shape index (κ2) is 11.2. The van der Waals surface area contributed by atoms with Gasteiger partial charge in [-0.3, -0.25) is 4.79 Å². The molecule has 0 saturated carbocycles. The Hall–Kier alpha value is -1.43. The van der Waals surface area contributed by atoms with Crippen molar-refractivity contribution in [3.05, 3.63) is 36.5 Å². The molecule has 130 valence electrons. The zero-order valence-corrected chi connectivity index (χ0v) is 14.3. The first-order valence-corrected chi connectivity index (χ1v) is 8.13. The van der Waals surface area contributed by atoms with Crippen LogP contribution in [-0.2, 0) is 24.0 Å². The Labute approximate surface area is 138 Å². The van der Waals surface area contributed by atoms with Crippen LogP contribution in [0.1, 0.15) is 45.4 Å². The number of rotatable bonds is 10. The van der Waals surface area contributed by atoms with Gasteiger partial charge in [-0.25, -0.2) is 4.89 Å². The van der Waals surface area contributed by atoms with Gasteiger partial charge < -0.3 is 9.47 Å². The van der Waals surface area contributed by atoms with Gasteiger partial charge in [0.2, 0.25) is 5.79 Å². The SMILES string of the molecule is CCC/C=C/C=C/CCCC1(OC)C=CC(CC(=O)OC)OO1. The van der Waals surface area contributed by atoms with Crippen molar-refractivity contribution >= 4 is 5.97 Å². The van der Waals surface area contributed by atoms with Crippen molar-refractivity contribution in [3.63, 3.8) is 0 Å². The van der Waals surface area contributed by atoms with E-state index in [-0.39, 0.29) is 12.4 Å². The second-order valence-electron chi connectivity index (χ2n) is 5.41. The zero-order chi connectivity index (χ0) is 17.0. The van der Waals surface area contributed by atoms with E-state index in [0.29, 0.717) is 6.42 Å².